The molecule has 1 unspecified atom stereocenters. The highest BCUT2D eigenvalue weighted by Crippen LogP contribution is 2.20. The quantitative estimate of drug-likeness (QED) is 0.845. The van der Waals surface area contributed by atoms with Crippen molar-refractivity contribution >= 4 is 11.7 Å². The molecule has 0 aliphatic carbocycles. The van der Waals surface area contributed by atoms with Gasteiger partial charge in [-0.15, -0.1) is 0 Å². The van der Waals surface area contributed by atoms with Gasteiger partial charge in [-0.2, -0.15) is 10.2 Å². The molecular formula is C18H19N5O2. The van der Waals surface area contributed by atoms with Gasteiger partial charge in [0, 0.05) is 32.6 Å². The highest BCUT2D eigenvalue weighted by molar-refractivity contribution is 5.94. The molecule has 7 nitrogen and oxygen atoms in total. The molecule has 1 aliphatic heterocycles. The molecule has 1 saturated heterocycles. The minimum atomic E-state index is -0.103. The van der Waals surface area contributed by atoms with Crippen LogP contribution in [-0.4, -0.2) is 54.1 Å². The Balaban J connectivity index is 1.62. The van der Waals surface area contributed by atoms with E-state index in [1.165, 1.54) is 0 Å². The smallest absolute Gasteiger partial charge is 0.253 e. The van der Waals surface area contributed by atoms with Crippen LogP contribution >= 0.6 is 0 Å². The summed E-state index contributed by atoms with van der Waals surface area (Å²) < 4.78 is 5.88. The molecule has 1 amide bonds. The third-order valence-corrected chi connectivity index (χ3v) is 4.04. The van der Waals surface area contributed by atoms with Crippen LogP contribution in [0.15, 0.2) is 36.7 Å². The fourth-order valence-electron chi connectivity index (χ4n) is 2.66. The van der Waals surface area contributed by atoms with Crippen molar-refractivity contribution in [2.24, 2.45) is 0 Å². The molecule has 0 N–H and O–H groups in total. The Morgan fingerprint density at radius 2 is 2.08 bits per heavy atom. The lowest BCUT2D eigenvalue weighted by molar-refractivity contribution is 0.0771. The first kappa shape index (κ1) is 16.7. The van der Waals surface area contributed by atoms with Gasteiger partial charge in [-0.05, 0) is 24.3 Å². The summed E-state index contributed by atoms with van der Waals surface area (Å²) in [7, 11) is 3.78. The van der Waals surface area contributed by atoms with Crippen LogP contribution in [0.25, 0.3) is 0 Å². The maximum atomic E-state index is 12.5. The summed E-state index contributed by atoms with van der Waals surface area (Å²) in [5.41, 5.74) is 1.12. The van der Waals surface area contributed by atoms with Crippen LogP contribution in [0.1, 0.15) is 22.3 Å². The highest BCUT2D eigenvalue weighted by atomic mass is 16.5. The summed E-state index contributed by atoms with van der Waals surface area (Å²) >= 11 is 0. The number of benzene rings is 1. The predicted molar refractivity (Wildman–Crippen MR) is 92.5 cm³/mol. The summed E-state index contributed by atoms with van der Waals surface area (Å²) in [6.07, 6.45) is 3.89. The van der Waals surface area contributed by atoms with Gasteiger partial charge in [-0.1, -0.05) is 0 Å². The van der Waals surface area contributed by atoms with Crippen LogP contribution in [0.5, 0.6) is 5.88 Å². The van der Waals surface area contributed by atoms with E-state index in [1.54, 1.807) is 41.6 Å². The molecule has 1 aromatic carbocycles. The second-order valence-electron chi connectivity index (χ2n) is 6.08. The normalized spacial score (nSPS) is 16.4. The molecule has 1 fully saturated rings. The van der Waals surface area contributed by atoms with Gasteiger partial charge in [0.25, 0.3) is 5.91 Å². The summed E-state index contributed by atoms with van der Waals surface area (Å²) in [4.78, 5) is 24.7. The number of rotatable bonds is 4. The standard InChI is InChI=1S/C18H19N5O2/c1-22(2)16-10-20-11-17(21-16)25-15-7-8-23(12-15)18(24)14-5-3-13(9-19)4-6-14/h3-6,10-11,15H,7-8,12H2,1-2H3. The van der Waals surface area contributed by atoms with Gasteiger partial charge in [-0.25, -0.2) is 0 Å². The number of carbonyl (C=O) groups excluding carboxylic acids is 1. The van der Waals surface area contributed by atoms with E-state index in [1.807, 2.05) is 25.1 Å². The van der Waals surface area contributed by atoms with Crippen molar-refractivity contribution < 1.29 is 9.53 Å². The fourth-order valence-corrected chi connectivity index (χ4v) is 2.66. The molecule has 0 saturated carbocycles. The minimum Gasteiger partial charge on any atom is -0.471 e. The number of aromatic nitrogens is 2. The zero-order valence-electron chi connectivity index (χ0n) is 14.2. The lowest BCUT2D eigenvalue weighted by atomic mass is 10.1. The van der Waals surface area contributed by atoms with Gasteiger partial charge in [-0.3, -0.25) is 9.78 Å². The Morgan fingerprint density at radius 3 is 2.76 bits per heavy atom. The molecule has 0 spiro atoms. The summed E-state index contributed by atoms with van der Waals surface area (Å²) in [6.45, 7) is 1.14. The highest BCUT2D eigenvalue weighted by Gasteiger charge is 2.28. The monoisotopic (exact) mass is 337 g/mol. The number of anilines is 1. The van der Waals surface area contributed by atoms with E-state index in [0.29, 0.717) is 30.1 Å². The second kappa shape index (κ2) is 7.18. The first-order chi connectivity index (χ1) is 12.1. The van der Waals surface area contributed by atoms with Crippen molar-refractivity contribution in [3.63, 3.8) is 0 Å². The number of likely N-dealkylation sites (tertiary alicyclic amines) is 1. The molecule has 25 heavy (non-hydrogen) atoms. The maximum Gasteiger partial charge on any atom is 0.253 e. The largest absolute Gasteiger partial charge is 0.471 e. The third-order valence-electron chi connectivity index (χ3n) is 4.04. The number of ether oxygens (including phenoxy) is 1. The molecule has 2 heterocycles. The SMILES string of the molecule is CN(C)c1cncc(OC2CCN(C(=O)c3ccc(C#N)cc3)C2)n1. The van der Waals surface area contributed by atoms with Crippen molar-refractivity contribution in [1.82, 2.24) is 14.9 Å². The van der Waals surface area contributed by atoms with Crippen LogP contribution in [0.3, 0.4) is 0 Å². The van der Waals surface area contributed by atoms with Crippen molar-refractivity contribution in [3.8, 4) is 11.9 Å². The Hall–Kier alpha value is -3.14. The van der Waals surface area contributed by atoms with Crippen molar-refractivity contribution in [2.75, 3.05) is 32.1 Å². The van der Waals surface area contributed by atoms with E-state index in [2.05, 4.69) is 9.97 Å². The van der Waals surface area contributed by atoms with Crippen LogP contribution in [0.2, 0.25) is 0 Å². The van der Waals surface area contributed by atoms with E-state index < -0.39 is 0 Å². The molecule has 1 atom stereocenters. The molecule has 128 valence electrons. The lowest BCUT2D eigenvalue weighted by Crippen LogP contribution is -2.31. The lowest BCUT2D eigenvalue weighted by Gasteiger charge is -2.17. The van der Waals surface area contributed by atoms with Crippen LogP contribution < -0.4 is 9.64 Å². The van der Waals surface area contributed by atoms with Crippen LogP contribution in [-0.2, 0) is 0 Å². The Labute approximate surface area is 146 Å². The van der Waals surface area contributed by atoms with Crippen molar-refractivity contribution in [3.05, 3.63) is 47.8 Å². The molecule has 3 rings (SSSR count). The van der Waals surface area contributed by atoms with Gasteiger partial charge in [0.2, 0.25) is 5.88 Å². The second-order valence-corrected chi connectivity index (χ2v) is 6.08. The molecule has 2 aromatic rings. The zero-order chi connectivity index (χ0) is 17.8. The van der Waals surface area contributed by atoms with E-state index in [-0.39, 0.29) is 12.0 Å². The number of hydrogen-bond acceptors (Lipinski definition) is 6. The Morgan fingerprint density at radius 1 is 1.32 bits per heavy atom. The number of carbonyl (C=O) groups is 1. The molecule has 0 bridgehead atoms. The predicted octanol–water partition coefficient (Wildman–Crippen LogP) is 1.71. The van der Waals surface area contributed by atoms with Gasteiger partial charge in [0.15, 0.2) is 5.82 Å². The number of nitrogens with zero attached hydrogens (tertiary/aromatic N) is 5. The van der Waals surface area contributed by atoms with Crippen molar-refractivity contribution in [2.45, 2.75) is 12.5 Å². The maximum absolute atomic E-state index is 12.5. The Kier molecular flexibility index (Phi) is 4.80. The van der Waals surface area contributed by atoms with Crippen LogP contribution in [0, 0.1) is 11.3 Å². The van der Waals surface area contributed by atoms with Gasteiger partial charge in [0.05, 0.1) is 30.6 Å². The molecule has 0 radical (unpaired) electrons. The summed E-state index contributed by atoms with van der Waals surface area (Å²) in [5, 5.41) is 8.83. The number of amides is 1. The number of hydrogen-bond donors (Lipinski definition) is 0. The van der Waals surface area contributed by atoms with Gasteiger partial charge >= 0.3 is 0 Å². The van der Waals surface area contributed by atoms with E-state index >= 15 is 0 Å². The molecule has 7 heteroatoms. The summed E-state index contributed by atoms with van der Waals surface area (Å²) in [5.74, 6) is 1.13. The van der Waals surface area contributed by atoms with Gasteiger partial charge in [0.1, 0.15) is 6.10 Å². The summed E-state index contributed by atoms with van der Waals surface area (Å²) in [6, 6.07) is 8.72. The Bertz CT molecular complexity index is 798. The topological polar surface area (TPSA) is 82.4 Å². The van der Waals surface area contributed by atoms with Gasteiger partial charge < -0.3 is 14.5 Å². The third kappa shape index (κ3) is 3.86. The molecule has 1 aliphatic rings. The zero-order valence-corrected chi connectivity index (χ0v) is 14.2. The fraction of sp³-hybridized carbons (Fsp3) is 0.333. The van der Waals surface area contributed by atoms with E-state index in [4.69, 9.17) is 10.00 Å². The minimum absolute atomic E-state index is 0.0521. The van der Waals surface area contributed by atoms with E-state index in [0.717, 1.165) is 12.2 Å². The first-order valence-corrected chi connectivity index (χ1v) is 8.02. The average molecular weight is 337 g/mol. The average Bonchev–Trinajstić information content (AvgIpc) is 3.10. The van der Waals surface area contributed by atoms with Crippen LogP contribution in [0.4, 0.5) is 5.82 Å². The number of nitriles is 1. The molecular weight excluding hydrogens is 318 g/mol. The molecule has 1 aromatic heterocycles. The first-order valence-electron chi connectivity index (χ1n) is 8.02. The van der Waals surface area contributed by atoms with E-state index in [9.17, 15) is 4.79 Å². The van der Waals surface area contributed by atoms with Crippen molar-refractivity contribution in [1.29, 1.82) is 5.26 Å².